The van der Waals surface area contributed by atoms with Gasteiger partial charge in [0, 0.05) is 31.1 Å². The number of aromatic nitrogens is 4. The summed E-state index contributed by atoms with van der Waals surface area (Å²) in [6.07, 6.45) is 3.04. The van der Waals surface area contributed by atoms with Crippen LogP contribution < -0.4 is 10.1 Å². The number of halogens is 1. The van der Waals surface area contributed by atoms with E-state index in [0.29, 0.717) is 35.9 Å². The second-order valence-corrected chi connectivity index (χ2v) is 11.1. The van der Waals surface area contributed by atoms with Crippen LogP contribution in [-0.2, 0) is 9.47 Å². The van der Waals surface area contributed by atoms with Crippen LogP contribution in [0.1, 0.15) is 75.5 Å². The van der Waals surface area contributed by atoms with Crippen molar-refractivity contribution < 1.29 is 28.2 Å². The summed E-state index contributed by atoms with van der Waals surface area (Å²) in [4.78, 5) is 36.2. The van der Waals surface area contributed by atoms with Gasteiger partial charge in [0.1, 0.15) is 22.7 Å². The number of nitrogens with one attached hydrogen (secondary N) is 1. The molecule has 1 saturated heterocycles. The van der Waals surface area contributed by atoms with Gasteiger partial charge in [0.15, 0.2) is 23.0 Å². The molecule has 1 N–H and O–H groups in total. The second kappa shape index (κ2) is 10.9. The summed E-state index contributed by atoms with van der Waals surface area (Å²) in [6.45, 7) is 8.23. The third-order valence-corrected chi connectivity index (χ3v) is 6.76. The molecule has 4 heterocycles. The zero-order valence-corrected chi connectivity index (χ0v) is 23.5. The van der Waals surface area contributed by atoms with Gasteiger partial charge >= 0.3 is 12.1 Å². The monoisotopic (exact) mass is 554 g/mol. The molecule has 0 radical (unpaired) electrons. The van der Waals surface area contributed by atoms with Crippen molar-refractivity contribution in [3.8, 4) is 17.1 Å². The highest BCUT2D eigenvalue weighted by Gasteiger charge is 2.32. The van der Waals surface area contributed by atoms with Crippen LogP contribution >= 0.6 is 0 Å². The molecule has 214 valence electrons. The number of hydrogen-bond donors (Lipinski definition) is 1. The normalized spacial score (nSPS) is 17.6. The first-order valence-corrected chi connectivity index (χ1v) is 13.6. The Balaban J connectivity index is 1.49. The van der Waals surface area contributed by atoms with E-state index < -0.39 is 23.5 Å². The van der Waals surface area contributed by atoms with E-state index in [9.17, 15) is 9.59 Å². The molecule has 3 aromatic heterocycles. The maximum Gasteiger partial charge on any atom is 0.410 e. The summed E-state index contributed by atoms with van der Waals surface area (Å²) in [5.41, 5.74) is 1.19. The Kier molecular flexibility index (Phi) is 7.52. The van der Waals surface area contributed by atoms with E-state index in [1.807, 2.05) is 20.8 Å². The van der Waals surface area contributed by atoms with Crippen molar-refractivity contribution in [3.05, 3.63) is 35.4 Å². The molecule has 11 nitrogen and oxygen atoms in total. The van der Waals surface area contributed by atoms with Crippen molar-refractivity contribution in [1.82, 2.24) is 24.5 Å². The number of likely N-dealkylation sites (tertiary alicyclic amines) is 1. The third-order valence-electron chi connectivity index (χ3n) is 6.76. The van der Waals surface area contributed by atoms with Crippen LogP contribution in [0, 0.1) is 5.82 Å². The first-order valence-electron chi connectivity index (χ1n) is 13.6. The minimum atomic E-state index is -0.629. The molecular formula is C28H35FN6O5. The van der Waals surface area contributed by atoms with Gasteiger partial charge in [-0.15, -0.1) is 0 Å². The van der Waals surface area contributed by atoms with Gasteiger partial charge < -0.3 is 24.4 Å². The standard InChI is InChI=1S/C28H35FN6O5/c1-6-39-26(36)23-24(35-21(32-23)14-20(38-5)22(33-35)16-9-10-16)19-12-11-18(29)25(31-19)30-17-8-7-13-34(15-17)27(37)40-28(2,3)4/h11-12,14,16-17H,6-10,13,15H2,1-5H3,(H,30,31). The molecule has 3 aromatic rings. The number of carbonyl (C=O) groups is 2. The summed E-state index contributed by atoms with van der Waals surface area (Å²) < 4.78 is 32.9. The number of ether oxygens (including phenoxy) is 3. The van der Waals surface area contributed by atoms with Crippen molar-refractivity contribution in [2.75, 3.05) is 32.1 Å². The molecule has 1 atom stereocenters. The highest BCUT2D eigenvalue weighted by molar-refractivity contribution is 5.95. The smallest absolute Gasteiger partial charge is 0.410 e. The van der Waals surface area contributed by atoms with Crippen LogP contribution in [-0.4, -0.2) is 75.0 Å². The van der Waals surface area contributed by atoms with Gasteiger partial charge in [0.05, 0.1) is 19.4 Å². The number of piperidine rings is 1. The number of fused-ring (bicyclic) bond motifs is 1. The predicted octanol–water partition coefficient (Wildman–Crippen LogP) is 4.80. The molecule has 1 aliphatic heterocycles. The quantitative estimate of drug-likeness (QED) is 0.411. The summed E-state index contributed by atoms with van der Waals surface area (Å²) >= 11 is 0. The fourth-order valence-electron chi connectivity index (χ4n) is 4.80. The van der Waals surface area contributed by atoms with E-state index in [2.05, 4.69) is 15.3 Å². The average Bonchev–Trinajstić information content (AvgIpc) is 3.69. The van der Waals surface area contributed by atoms with Gasteiger partial charge in [0.2, 0.25) is 0 Å². The van der Waals surface area contributed by atoms with E-state index in [1.54, 1.807) is 29.5 Å². The van der Waals surface area contributed by atoms with Crippen molar-refractivity contribution in [3.63, 3.8) is 0 Å². The lowest BCUT2D eigenvalue weighted by atomic mass is 10.1. The Morgan fingerprint density at radius 2 is 1.95 bits per heavy atom. The number of nitrogens with zero attached hydrogens (tertiary/aromatic N) is 5. The summed E-state index contributed by atoms with van der Waals surface area (Å²) in [5, 5.41) is 7.94. The molecule has 5 rings (SSSR count). The Labute approximate surface area is 232 Å². The zero-order valence-electron chi connectivity index (χ0n) is 23.5. The van der Waals surface area contributed by atoms with Crippen molar-refractivity contribution >= 4 is 23.5 Å². The molecule has 2 fully saturated rings. The molecule has 40 heavy (non-hydrogen) atoms. The third kappa shape index (κ3) is 5.80. The lowest BCUT2D eigenvalue weighted by Gasteiger charge is -2.34. The number of imidazole rings is 1. The summed E-state index contributed by atoms with van der Waals surface area (Å²) in [6, 6.07) is 4.28. The van der Waals surface area contributed by atoms with E-state index in [0.717, 1.165) is 31.4 Å². The van der Waals surface area contributed by atoms with Crippen LogP contribution in [0.25, 0.3) is 17.0 Å². The molecule has 1 amide bonds. The molecule has 1 unspecified atom stereocenters. The molecule has 0 aromatic carbocycles. The first-order chi connectivity index (χ1) is 19.1. The fraction of sp³-hybridized carbons (Fsp3) is 0.536. The minimum Gasteiger partial charge on any atom is -0.495 e. The van der Waals surface area contributed by atoms with Crippen molar-refractivity contribution in [1.29, 1.82) is 0 Å². The maximum atomic E-state index is 15.0. The van der Waals surface area contributed by atoms with E-state index in [-0.39, 0.29) is 30.1 Å². The van der Waals surface area contributed by atoms with Crippen LogP contribution in [0.3, 0.4) is 0 Å². The Morgan fingerprint density at radius 1 is 1.18 bits per heavy atom. The number of esters is 1. The average molecular weight is 555 g/mol. The van der Waals surface area contributed by atoms with Crippen LogP contribution in [0.5, 0.6) is 5.75 Å². The predicted molar refractivity (Wildman–Crippen MR) is 145 cm³/mol. The fourth-order valence-corrected chi connectivity index (χ4v) is 4.80. The number of carbonyl (C=O) groups excluding carboxylic acids is 2. The van der Waals surface area contributed by atoms with Gasteiger partial charge in [-0.2, -0.15) is 5.10 Å². The molecular weight excluding hydrogens is 519 g/mol. The highest BCUT2D eigenvalue weighted by Crippen LogP contribution is 2.43. The van der Waals surface area contributed by atoms with Gasteiger partial charge in [-0.3, -0.25) is 0 Å². The lowest BCUT2D eigenvalue weighted by Crippen LogP contribution is -2.47. The van der Waals surface area contributed by atoms with Crippen molar-refractivity contribution in [2.45, 2.75) is 70.9 Å². The number of pyridine rings is 1. The molecule has 0 bridgehead atoms. The Morgan fingerprint density at radius 3 is 2.62 bits per heavy atom. The largest absolute Gasteiger partial charge is 0.495 e. The topological polar surface area (TPSA) is 120 Å². The maximum absolute atomic E-state index is 15.0. The minimum absolute atomic E-state index is 0.00854. The summed E-state index contributed by atoms with van der Waals surface area (Å²) in [5.74, 6) is -0.315. The first kappa shape index (κ1) is 27.6. The van der Waals surface area contributed by atoms with Crippen LogP contribution in [0.15, 0.2) is 18.2 Å². The van der Waals surface area contributed by atoms with Gasteiger partial charge in [-0.05, 0) is 65.5 Å². The second-order valence-electron chi connectivity index (χ2n) is 11.1. The SMILES string of the molecule is CCOC(=O)c1nc2cc(OC)c(C3CC3)nn2c1-c1ccc(F)c(NC2CCCN(C(=O)OC(C)(C)C)C2)n1. The lowest BCUT2D eigenvalue weighted by molar-refractivity contribution is 0.0206. The number of amides is 1. The van der Waals surface area contributed by atoms with E-state index in [1.165, 1.54) is 12.1 Å². The Hall–Kier alpha value is -3.96. The Bertz CT molecular complexity index is 1430. The van der Waals surface area contributed by atoms with Gasteiger partial charge in [0.25, 0.3) is 0 Å². The molecule has 1 aliphatic carbocycles. The van der Waals surface area contributed by atoms with Crippen molar-refractivity contribution in [2.24, 2.45) is 0 Å². The van der Waals surface area contributed by atoms with E-state index >= 15 is 4.39 Å². The highest BCUT2D eigenvalue weighted by atomic mass is 19.1. The number of methoxy groups -OCH3 is 1. The molecule has 2 aliphatic rings. The van der Waals surface area contributed by atoms with E-state index in [4.69, 9.17) is 19.3 Å². The zero-order chi connectivity index (χ0) is 28.6. The number of hydrogen-bond acceptors (Lipinski definition) is 9. The molecule has 0 spiro atoms. The van der Waals surface area contributed by atoms with Crippen LogP contribution in [0.2, 0.25) is 0 Å². The van der Waals surface area contributed by atoms with Crippen LogP contribution in [0.4, 0.5) is 15.0 Å². The number of rotatable bonds is 7. The molecule has 12 heteroatoms. The molecule has 1 saturated carbocycles. The number of anilines is 1. The van der Waals surface area contributed by atoms with Gasteiger partial charge in [-0.25, -0.2) is 28.5 Å². The van der Waals surface area contributed by atoms with Gasteiger partial charge in [-0.1, -0.05) is 0 Å². The summed E-state index contributed by atoms with van der Waals surface area (Å²) in [7, 11) is 1.57.